The molecule has 184 valence electrons. The number of hydrogen-bond acceptors (Lipinski definition) is 3. The summed E-state index contributed by atoms with van der Waals surface area (Å²) in [7, 11) is 0. The molecule has 2 fully saturated rings. The summed E-state index contributed by atoms with van der Waals surface area (Å²) in [4.78, 5) is 8.24. The summed E-state index contributed by atoms with van der Waals surface area (Å²) in [6, 6.07) is 14.6. The van der Waals surface area contributed by atoms with Crippen LogP contribution in [0, 0.1) is 0 Å². The van der Waals surface area contributed by atoms with Crippen molar-refractivity contribution in [2.45, 2.75) is 93.3 Å². The fourth-order valence-electron chi connectivity index (χ4n) is 6.07. The van der Waals surface area contributed by atoms with Crippen LogP contribution in [-0.4, -0.2) is 49.1 Å². The van der Waals surface area contributed by atoms with E-state index < -0.39 is 0 Å². The van der Waals surface area contributed by atoms with E-state index in [0.29, 0.717) is 0 Å². The maximum absolute atomic E-state index is 2.65. The Hall–Kier alpha value is -1.29. The van der Waals surface area contributed by atoms with Gasteiger partial charge >= 0.3 is 0 Å². The van der Waals surface area contributed by atoms with Gasteiger partial charge < -0.3 is 9.80 Å². The van der Waals surface area contributed by atoms with Crippen LogP contribution >= 0.6 is 11.8 Å². The largest absolute Gasteiger partial charge is 0.303 e. The molecule has 0 unspecified atom stereocenters. The van der Waals surface area contributed by atoms with Gasteiger partial charge in [0, 0.05) is 9.79 Å². The summed E-state index contributed by atoms with van der Waals surface area (Å²) in [5.41, 5.74) is 6.18. The Morgan fingerprint density at radius 3 is 1.50 bits per heavy atom. The Balaban J connectivity index is 1.06. The van der Waals surface area contributed by atoms with Crippen LogP contribution in [0.1, 0.15) is 86.5 Å². The minimum Gasteiger partial charge on any atom is -0.303 e. The summed E-state index contributed by atoms with van der Waals surface area (Å²) >= 11 is 1.98. The van der Waals surface area contributed by atoms with Crippen LogP contribution in [-0.2, 0) is 19.3 Å². The third-order valence-electron chi connectivity index (χ3n) is 8.13. The van der Waals surface area contributed by atoms with Gasteiger partial charge in [-0.25, -0.2) is 0 Å². The molecule has 3 heteroatoms. The average Bonchev–Trinajstić information content (AvgIpc) is 3.57. The Morgan fingerprint density at radius 2 is 1.03 bits per heavy atom. The lowest BCUT2D eigenvalue weighted by molar-refractivity contribution is 0.328. The van der Waals surface area contributed by atoms with E-state index in [1.54, 1.807) is 11.1 Å². The molecule has 0 spiro atoms. The zero-order valence-corrected chi connectivity index (χ0v) is 22.0. The van der Waals surface area contributed by atoms with Crippen molar-refractivity contribution in [3.05, 3.63) is 58.7 Å². The zero-order valence-electron chi connectivity index (χ0n) is 21.2. The van der Waals surface area contributed by atoms with Gasteiger partial charge in [-0.3, -0.25) is 0 Å². The minimum absolute atomic E-state index is 1.11. The van der Waals surface area contributed by atoms with E-state index in [-0.39, 0.29) is 0 Å². The van der Waals surface area contributed by atoms with Gasteiger partial charge in [0.25, 0.3) is 0 Å². The lowest BCUT2D eigenvalue weighted by atomic mass is 9.97. The third kappa shape index (κ3) is 6.89. The molecule has 0 saturated carbocycles. The lowest BCUT2D eigenvalue weighted by Gasteiger charge is -2.21. The van der Waals surface area contributed by atoms with Crippen molar-refractivity contribution in [3.63, 3.8) is 0 Å². The molecule has 0 atom stereocenters. The highest BCUT2D eigenvalue weighted by atomic mass is 32.2. The maximum atomic E-state index is 2.65. The number of aryl methyl sites for hydroxylation is 2. The van der Waals surface area contributed by atoms with E-state index >= 15 is 0 Å². The number of nitrogens with zero attached hydrogens (tertiary/aromatic N) is 2. The average molecular weight is 477 g/mol. The molecule has 2 aromatic rings. The summed E-state index contributed by atoms with van der Waals surface area (Å²) in [6.07, 6.45) is 17.4. The van der Waals surface area contributed by atoms with Crippen molar-refractivity contribution < 1.29 is 0 Å². The van der Waals surface area contributed by atoms with Crippen molar-refractivity contribution in [3.8, 4) is 0 Å². The molecule has 3 heterocycles. The summed E-state index contributed by atoms with van der Waals surface area (Å²) in [6.45, 7) is 7.99. The summed E-state index contributed by atoms with van der Waals surface area (Å²) in [5.74, 6) is 0. The maximum Gasteiger partial charge on any atom is 0.0158 e. The van der Waals surface area contributed by atoms with Gasteiger partial charge in [-0.05, 0) is 144 Å². The highest BCUT2D eigenvalue weighted by molar-refractivity contribution is 7.99. The van der Waals surface area contributed by atoms with E-state index in [2.05, 4.69) is 46.2 Å². The van der Waals surface area contributed by atoms with Gasteiger partial charge in [0.05, 0.1) is 0 Å². The van der Waals surface area contributed by atoms with E-state index in [0.717, 1.165) is 6.42 Å². The third-order valence-corrected chi connectivity index (χ3v) is 9.36. The molecule has 0 amide bonds. The van der Waals surface area contributed by atoms with Gasteiger partial charge in [0.1, 0.15) is 0 Å². The fraction of sp³-hybridized carbons (Fsp3) is 0.613. The monoisotopic (exact) mass is 476 g/mol. The van der Waals surface area contributed by atoms with Gasteiger partial charge in [-0.1, -0.05) is 48.9 Å². The molecule has 3 aliphatic rings. The molecule has 0 aromatic heterocycles. The number of benzene rings is 2. The van der Waals surface area contributed by atoms with Gasteiger partial charge in [-0.2, -0.15) is 0 Å². The minimum atomic E-state index is 1.11. The second kappa shape index (κ2) is 12.6. The topological polar surface area (TPSA) is 6.48 Å². The van der Waals surface area contributed by atoms with E-state index in [1.807, 2.05) is 11.8 Å². The second-order valence-electron chi connectivity index (χ2n) is 10.9. The van der Waals surface area contributed by atoms with Crippen LogP contribution in [0.2, 0.25) is 0 Å². The Labute approximate surface area is 212 Å². The highest BCUT2D eigenvalue weighted by Crippen LogP contribution is 2.40. The van der Waals surface area contributed by atoms with Crippen molar-refractivity contribution in [1.29, 1.82) is 0 Å². The predicted octanol–water partition coefficient (Wildman–Crippen LogP) is 7.36. The number of likely N-dealkylation sites (tertiary alicyclic amines) is 2. The first-order valence-electron chi connectivity index (χ1n) is 14.2. The number of unbranched alkanes of at least 4 members (excludes halogenated alkanes) is 4. The number of hydrogen-bond donors (Lipinski definition) is 0. The number of fused-ring (bicyclic) bond motifs is 2. The Bertz CT molecular complexity index is 838. The first kappa shape index (κ1) is 24.4. The molecule has 2 aromatic carbocycles. The van der Waals surface area contributed by atoms with Crippen LogP contribution in [0.3, 0.4) is 0 Å². The fourth-order valence-corrected chi connectivity index (χ4v) is 7.10. The van der Waals surface area contributed by atoms with Crippen molar-refractivity contribution in [2.75, 3.05) is 39.3 Å². The van der Waals surface area contributed by atoms with Crippen molar-refractivity contribution >= 4 is 11.8 Å². The van der Waals surface area contributed by atoms with Crippen LogP contribution < -0.4 is 0 Å². The second-order valence-corrected chi connectivity index (χ2v) is 12.0. The van der Waals surface area contributed by atoms with E-state index in [9.17, 15) is 0 Å². The first-order valence-corrected chi connectivity index (χ1v) is 15.0. The molecule has 0 bridgehead atoms. The van der Waals surface area contributed by atoms with Gasteiger partial charge in [-0.15, -0.1) is 0 Å². The summed E-state index contributed by atoms with van der Waals surface area (Å²) in [5, 5.41) is 0. The predicted molar refractivity (Wildman–Crippen MR) is 146 cm³/mol. The molecule has 2 nitrogen and oxygen atoms in total. The molecule has 0 radical (unpaired) electrons. The van der Waals surface area contributed by atoms with Crippen LogP contribution in [0.4, 0.5) is 0 Å². The molecule has 0 N–H and O–H groups in total. The standard InChI is InChI=1S/C31H44N2S/c1(5-17-32-19-7-8-20-32)3-11-26-13-15-30-28(23-26)25-29-24-27(14-16-31(29)34-30)12-4-2-6-18-33-21-9-10-22-33/h13-16,23-24H,1-12,17-22,25H2. The Morgan fingerprint density at radius 1 is 0.559 bits per heavy atom. The van der Waals surface area contributed by atoms with Crippen LogP contribution in [0.5, 0.6) is 0 Å². The lowest BCUT2D eigenvalue weighted by Crippen LogP contribution is -2.20. The molecule has 3 aliphatic heterocycles. The Kier molecular flexibility index (Phi) is 9.05. The molecular formula is C31H44N2S. The van der Waals surface area contributed by atoms with Crippen LogP contribution in [0.25, 0.3) is 0 Å². The van der Waals surface area contributed by atoms with Crippen LogP contribution in [0.15, 0.2) is 46.2 Å². The highest BCUT2D eigenvalue weighted by Gasteiger charge is 2.17. The molecule has 0 aliphatic carbocycles. The molecule has 34 heavy (non-hydrogen) atoms. The SMILES string of the molecule is c1cc2c(cc1CCCCCN1CCCC1)Cc1cc(CCCCCN3CCCC3)ccc1S2. The van der Waals surface area contributed by atoms with Gasteiger partial charge in [0.15, 0.2) is 0 Å². The number of rotatable bonds is 12. The normalized spacial score (nSPS) is 18.4. The molecule has 5 rings (SSSR count). The quantitative estimate of drug-likeness (QED) is 0.252. The van der Waals surface area contributed by atoms with Crippen molar-refractivity contribution in [2.24, 2.45) is 0 Å². The first-order chi connectivity index (χ1) is 16.8. The van der Waals surface area contributed by atoms with E-state index in [4.69, 9.17) is 0 Å². The van der Waals surface area contributed by atoms with Gasteiger partial charge in [0.2, 0.25) is 0 Å². The van der Waals surface area contributed by atoms with E-state index in [1.165, 1.54) is 137 Å². The van der Waals surface area contributed by atoms with Crippen molar-refractivity contribution in [1.82, 2.24) is 9.80 Å². The summed E-state index contributed by atoms with van der Waals surface area (Å²) < 4.78 is 0. The smallest absolute Gasteiger partial charge is 0.0158 e. The molecular weight excluding hydrogens is 432 g/mol. The molecule has 2 saturated heterocycles. The zero-order chi connectivity index (χ0) is 23.0.